The zero-order valence-corrected chi connectivity index (χ0v) is 7.69. The fraction of sp³-hybridized carbons (Fsp3) is 0.100. The Balaban J connectivity index is 2.76. The number of aromatic amines is 1. The third-order valence-electron chi connectivity index (χ3n) is 2.18. The standard InChI is InChI=1S/C10H7N3O2/c11-4-3-6-7(10(14)15)1-2-8-9(6)13-5-12-8/h1-2,5H,3H2,(H,12,13)(H,14,15). The van der Waals surface area contributed by atoms with Gasteiger partial charge in [0.1, 0.15) is 0 Å². The Labute approximate surface area is 85.0 Å². The number of imidazole rings is 1. The number of carbonyl (C=O) groups is 1. The average Bonchev–Trinajstić information content (AvgIpc) is 2.66. The SMILES string of the molecule is N#CCc1c(C(=O)O)ccc2[nH]cnc12. The van der Waals surface area contributed by atoms with Gasteiger partial charge in [0.05, 0.1) is 35.4 Å². The second-order valence-electron chi connectivity index (χ2n) is 3.03. The van der Waals surface area contributed by atoms with E-state index in [4.69, 9.17) is 10.4 Å². The van der Waals surface area contributed by atoms with Crippen molar-refractivity contribution in [2.24, 2.45) is 0 Å². The molecule has 15 heavy (non-hydrogen) atoms. The molecule has 0 fully saturated rings. The first-order chi connectivity index (χ1) is 7.24. The number of hydrogen-bond acceptors (Lipinski definition) is 3. The average molecular weight is 201 g/mol. The van der Waals surface area contributed by atoms with E-state index in [1.165, 1.54) is 12.4 Å². The van der Waals surface area contributed by atoms with Crippen LogP contribution in [-0.2, 0) is 6.42 Å². The summed E-state index contributed by atoms with van der Waals surface area (Å²) in [5.74, 6) is -1.04. The summed E-state index contributed by atoms with van der Waals surface area (Å²) in [6, 6.07) is 5.07. The van der Waals surface area contributed by atoms with Crippen molar-refractivity contribution in [3.63, 3.8) is 0 Å². The minimum Gasteiger partial charge on any atom is -0.478 e. The zero-order chi connectivity index (χ0) is 10.8. The molecule has 0 aliphatic rings. The molecule has 0 amide bonds. The first-order valence-corrected chi connectivity index (χ1v) is 4.29. The summed E-state index contributed by atoms with van der Waals surface area (Å²) >= 11 is 0. The summed E-state index contributed by atoms with van der Waals surface area (Å²) in [5.41, 5.74) is 1.89. The number of H-pyrrole nitrogens is 1. The molecule has 0 atom stereocenters. The number of carboxylic acid groups (broad SMARTS) is 1. The van der Waals surface area contributed by atoms with Gasteiger partial charge in [-0.2, -0.15) is 5.26 Å². The highest BCUT2D eigenvalue weighted by Gasteiger charge is 2.14. The number of nitriles is 1. The molecule has 0 radical (unpaired) electrons. The Morgan fingerprint density at radius 3 is 3.07 bits per heavy atom. The Bertz CT molecular complexity index is 566. The van der Waals surface area contributed by atoms with Crippen LogP contribution in [-0.4, -0.2) is 21.0 Å². The van der Waals surface area contributed by atoms with Crippen molar-refractivity contribution in [2.75, 3.05) is 0 Å². The highest BCUT2D eigenvalue weighted by atomic mass is 16.4. The Morgan fingerprint density at radius 1 is 1.60 bits per heavy atom. The van der Waals surface area contributed by atoms with Crippen LogP contribution >= 0.6 is 0 Å². The van der Waals surface area contributed by atoms with Crippen LogP contribution in [0.1, 0.15) is 15.9 Å². The second-order valence-corrected chi connectivity index (χ2v) is 3.03. The number of aromatic carboxylic acids is 1. The van der Waals surface area contributed by atoms with Crippen LogP contribution in [0.15, 0.2) is 18.5 Å². The van der Waals surface area contributed by atoms with Gasteiger partial charge in [0.2, 0.25) is 0 Å². The first-order valence-electron chi connectivity index (χ1n) is 4.29. The molecular formula is C10H7N3O2. The lowest BCUT2D eigenvalue weighted by Gasteiger charge is -2.02. The van der Waals surface area contributed by atoms with E-state index in [-0.39, 0.29) is 12.0 Å². The lowest BCUT2D eigenvalue weighted by Crippen LogP contribution is -2.02. The van der Waals surface area contributed by atoms with Crippen molar-refractivity contribution >= 4 is 17.0 Å². The van der Waals surface area contributed by atoms with Gasteiger partial charge in [-0.1, -0.05) is 0 Å². The molecule has 0 bridgehead atoms. The van der Waals surface area contributed by atoms with Crippen LogP contribution in [0, 0.1) is 11.3 Å². The van der Waals surface area contributed by atoms with Crippen LogP contribution in [0.4, 0.5) is 0 Å². The van der Waals surface area contributed by atoms with E-state index in [1.54, 1.807) is 6.07 Å². The van der Waals surface area contributed by atoms with Gasteiger partial charge < -0.3 is 10.1 Å². The van der Waals surface area contributed by atoms with E-state index in [0.717, 1.165) is 5.52 Å². The maximum absolute atomic E-state index is 10.9. The van der Waals surface area contributed by atoms with Crippen molar-refractivity contribution in [3.8, 4) is 6.07 Å². The highest BCUT2D eigenvalue weighted by Crippen LogP contribution is 2.20. The van der Waals surface area contributed by atoms with Gasteiger partial charge in [0, 0.05) is 5.56 Å². The van der Waals surface area contributed by atoms with Crippen molar-refractivity contribution < 1.29 is 9.90 Å². The van der Waals surface area contributed by atoms with E-state index in [9.17, 15) is 4.79 Å². The smallest absolute Gasteiger partial charge is 0.336 e. The molecule has 2 N–H and O–H groups in total. The molecular weight excluding hydrogens is 194 g/mol. The first kappa shape index (κ1) is 9.21. The van der Waals surface area contributed by atoms with E-state index >= 15 is 0 Å². The third-order valence-corrected chi connectivity index (χ3v) is 2.18. The summed E-state index contributed by atoms with van der Waals surface area (Å²) in [5, 5.41) is 17.6. The van der Waals surface area contributed by atoms with E-state index in [1.807, 2.05) is 6.07 Å². The lowest BCUT2D eigenvalue weighted by atomic mass is 10.0. The monoisotopic (exact) mass is 201 g/mol. The van der Waals surface area contributed by atoms with E-state index in [0.29, 0.717) is 11.1 Å². The highest BCUT2D eigenvalue weighted by molar-refractivity contribution is 5.95. The van der Waals surface area contributed by atoms with Crippen LogP contribution < -0.4 is 0 Å². The van der Waals surface area contributed by atoms with Crippen molar-refractivity contribution in [2.45, 2.75) is 6.42 Å². The van der Waals surface area contributed by atoms with E-state index < -0.39 is 5.97 Å². The van der Waals surface area contributed by atoms with Gasteiger partial charge in [0.15, 0.2) is 0 Å². The van der Waals surface area contributed by atoms with Crippen LogP contribution in [0.2, 0.25) is 0 Å². The molecule has 5 heteroatoms. The predicted octanol–water partition coefficient (Wildman–Crippen LogP) is 1.33. The summed E-state index contributed by atoms with van der Waals surface area (Å²) in [6.07, 6.45) is 1.53. The van der Waals surface area contributed by atoms with Gasteiger partial charge in [-0.15, -0.1) is 0 Å². The second kappa shape index (κ2) is 3.42. The molecule has 1 aromatic carbocycles. The molecule has 74 valence electrons. The quantitative estimate of drug-likeness (QED) is 0.766. The lowest BCUT2D eigenvalue weighted by molar-refractivity contribution is 0.0696. The van der Waals surface area contributed by atoms with Crippen LogP contribution in [0.3, 0.4) is 0 Å². The number of rotatable bonds is 2. The number of benzene rings is 1. The number of fused-ring (bicyclic) bond motifs is 1. The topological polar surface area (TPSA) is 89.8 Å². The minimum atomic E-state index is -1.04. The summed E-state index contributed by atoms with van der Waals surface area (Å²) < 4.78 is 0. The molecule has 1 aromatic heterocycles. The minimum absolute atomic E-state index is 0.0455. The predicted molar refractivity (Wildman–Crippen MR) is 52.4 cm³/mol. The third kappa shape index (κ3) is 1.42. The number of nitrogens with zero attached hydrogens (tertiary/aromatic N) is 2. The fourth-order valence-corrected chi connectivity index (χ4v) is 1.52. The Hall–Kier alpha value is -2.35. The Kier molecular flexibility index (Phi) is 2.10. The van der Waals surface area contributed by atoms with Crippen LogP contribution in [0.5, 0.6) is 0 Å². The number of carboxylic acids is 1. The van der Waals surface area contributed by atoms with Crippen molar-refractivity contribution in [1.29, 1.82) is 5.26 Å². The fourth-order valence-electron chi connectivity index (χ4n) is 1.52. The molecule has 0 unspecified atom stereocenters. The largest absolute Gasteiger partial charge is 0.478 e. The molecule has 0 spiro atoms. The zero-order valence-electron chi connectivity index (χ0n) is 7.69. The van der Waals surface area contributed by atoms with Gasteiger partial charge in [-0.3, -0.25) is 0 Å². The molecule has 5 nitrogen and oxygen atoms in total. The maximum atomic E-state index is 10.9. The molecule has 0 aliphatic heterocycles. The van der Waals surface area contributed by atoms with Crippen LogP contribution in [0.25, 0.3) is 11.0 Å². The van der Waals surface area contributed by atoms with Crippen molar-refractivity contribution in [3.05, 3.63) is 29.6 Å². The summed E-state index contributed by atoms with van der Waals surface area (Å²) in [6.45, 7) is 0. The van der Waals surface area contributed by atoms with Gasteiger partial charge >= 0.3 is 5.97 Å². The van der Waals surface area contributed by atoms with Gasteiger partial charge in [-0.25, -0.2) is 9.78 Å². The summed E-state index contributed by atoms with van der Waals surface area (Å²) in [7, 11) is 0. The summed E-state index contributed by atoms with van der Waals surface area (Å²) in [4.78, 5) is 17.8. The van der Waals surface area contributed by atoms with E-state index in [2.05, 4.69) is 9.97 Å². The molecule has 0 aliphatic carbocycles. The molecule has 1 heterocycles. The number of nitrogens with one attached hydrogen (secondary N) is 1. The van der Waals surface area contributed by atoms with Gasteiger partial charge in [0.25, 0.3) is 0 Å². The Morgan fingerprint density at radius 2 is 2.40 bits per heavy atom. The number of aromatic nitrogens is 2. The van der Waals surface area contributed by atoms with Gasteiger partial charge in [-0.05, 0) is 12.1 Å². The molecule has 2 aromatic rings. The number of hydrogen-bond donors (Lipinski definition) is 2. The van der Waals surface area contributed by atoms with Crippen molar-refractivity contribution in [1.82, 2.24) is 9.97 Å². The molecule has 2 rings (SSSR count). The normalized spacial score (nSPS) is 10.1. The molecule has 0 saturated heterocycles. The maximum Gasteiger partial charge on any atom is 0.336 e. The molecule has 0 saturated carbocycles.